The molecule has 48 heavy (non-hydrogen) atoms. The maximum Gasteiger partial charge on any atom is 0.0540 e. The van der Waals surface area contributed by atoms with Gasteiger partial charge in [0.2, 0.25) is 0 Å². The zero-order valence-electron chi connectivity index (χ0n) is 26.1. The Morgan fingerprint density at radius 2 is 0.917 bits per heavy atom. The van der Waals surface area contributed by atoms with Crippen LogP contribution >= 0.6 is 11.3 Å². The van der Waals surface area contributed by atoms with E-state index in [-0.39, 0.29) is 0 Å². The van der Waals surface area contributed by atoms with Crippen LogP contribution in [-0.2, 0) is 0 Å². The molecular weight excluding hydrogens is 599 g/mol. The maximum absolute atomic E-state index is 2.45. The molecule has 0 aliphatic heterocycles. The van der Waals surface area contributed by atoms with Crippen molar-refractivity contribution < 1.29 is 0 Å². The van der Waals surface area contributed by atoms with Crippen LogP contribution in [-0.4, -0.2) is 0 Å². The lowest BCUT2D eigenvalue weighted by molar-refractivity contribution is 1.31. The highest BCUT2D eigenvalue weighted by atomic mass is 32.1. The van der Waals surface area contributed by atoms with Gasteiger partial charge in [0.15, 0.2) is 0 Å². The van der Waals surface area contributed by atoms with Crippen LogP contribution in [0, 0.1) is 0 Å². The summed E-state index contributed by atoms with van der Waals surface area (Å²) >= 11 is 1.86. The summed E-state index contributed by atoms with van der Waals surface area (Å²) in [6, 6.07) is 64.6. The predicted molar refractivity (Wildman–Crippen MR) is 209 cm³/mol. The van der Waals surface area contributed by atoms with Crippen LogP contribution in [0.25, 0.3) is 74.4 Å². The molecule has 9 aromatic carbocycles. The van der Waals surface area contributed by atoms with Crippen molar-refractivity contribution in [3.8, 4) is 11.1 Å². The molecule has 0 unspecified atom stereocenters. The Hall–Kier alpha value is -5.96. The zero-order valence-corrected chi connectivity index (χ0v) is 26.9. The van der Waals surface area contributed by atoms with E-state index in [0.717, 1.165) is 11.4 Å². The maximum atomic E-state index is 2.45. The second-order valence-corrected chi connectivity index (χ2v) is 13.6. The summed E-state index contributed by atoms with van der Waals surface area (Å²) in [5.74, 6) is 0. The van der Waals surface area contributed by atoms with Crippen LogP contribution in [0.3, 0.4) is 0 Å². The van der Waals surface area contributed by atoms with E-state index >= 15 is 0 Å². The standard InChI is InChI=1S/C46H29NS/c1-3-14-35-30(10-1)22-25-40-37(17-8-18-38(35)40)32-12-7-13-33(28-32)47(34-24-27-43-42-16-5-6-21-45(42)48-46(43)29-34)44-20-9-19-39-36-15-4-2-11-31(36)23-26-41(39)44/h1-29H. The molecule has 1 heterocycles. The summed E-state index contributed by atoms with van der Waals surface area (Å²) in [6.07, 6.45) is 0. The van der Waals surface area contributed by atoms with Crippen molar-refractivity contribution in [2.45, 2.75) is 0 Å². The molecule has 1 aromatic heterocycles. The van der Waals surface area contributed by atoms with Crippen molar-refractivity contribution in [2.75, 3.05) is 4.90 Å². The van der Waals surface area contributed by atoms with Gasteiger partial charge in [-0.1, -0.05) is 140 Å². The van der Waals surface area contributed by atoms with Gasteiger partial charge in [0.05, 0.1) is 5.69 Å². The van der Waals surface area contributed by atoms with Crippen LogP contribution in [0.1, 0.15) is 0 Å². The molecule has 224 valence electrons. The van der Waals surface area contributed by atoms with Crippen molar-refractivity contribution >= 4 is 91.7 Å². The van der Waals surface area contributed by atoms with Gasteiger partial charge in [-0.2, -0.15) is 0 Å². The molecule has 1 nitrogen and oxygen atoms in total. The quantitative estimate of drug-likeness (QED) is 0.176. The average Bonchev–Trinajstić information content (AvgIpc) is 3.53. The summed E-state index contributed by atoms with van der Waals surface area (Å²) in [6.45, 7) is 0. The third-order valence-electron chi connectivity index (χ3n) is 9.83. The normalized spacial score (nSPS) is 11.8. The molecule has 0 aliphatic carbocycles. The first-order valence-corrected chi connectivity index (χ1v) is 17.2. The van der Waals surface area contributed by atoms with E-state index in [9.17, 15) is 0 Å². The largest absolute Gasteiger partial charge is 0.310 e. The number of thiophene rings is 1. The summed E-state index contributed by atoms with van der Waals surface area (Å²) in [7, 11) is 0. The molecule has 0 radical (unpaired) electrons. The van der Waals surface area contributed by atoms with Crippen molar-refractivity contribution in [3.63, 3.8) is 0 Å². The molecule has 0 saturated carbocycles. The zero-order chi connectivity index (χ0) is 31.6. The number of benzene rings is 9. The molecule has 0 spiro atoms. The second kappa shape index (κ2) is 10.8. The summed E-state index contributed by atoms with van der Waals surface area (Å²) in [4.78, 5) is 2.45. The van der Waals surface area contributed by atoms with E-state index in [1.807, 2.05) is 11.3 Å². The van der Waals surface area contributed by atoms with Crippen LogP contribution < -0.4 is 4.90 Å². The molecule has 0 atom stereocenters. The highest BCUT2D eigenvalue weighted by Crippen LogP contribution is 2.45. The average molecular weight is 628 g/mol. The summed E-state index contributed by atoms with van der Waals surface area (Å²) in [5, 5.41) is 12.7. The fourth-order valence-corrected chi connectivity index (χ4v) is 8.74. The minimum atomic E-state index is 1.13. The lowest BCUT2D eigenvalue weighted by atomic mass is 9.94. The van der Waals surface area contributed by atoms with Crippen molar-refractivity contribution in [1.82, 2.24) is 0 Å². The number of nitrogens with zero attached hydrogens (tertiary/aromatic N) is 1. The summed E-state index contributed by atoms with van der Waals surface area (Å²) < 4.78 is 2.61. The van der Waals surface area contributed by atoms with Crippen LogP contribution in [0.2, 0.25) is 0 Å². The molecule has 2 heteroatoms. The van der Waals surface area contributed by atoms with E-state index in [1.54, 1.807) is 0 Å². The van der Waals surface area contributed by atoms with Gasteiger partial charge in [-0.3, -0.25) is 0 Å². The number of rotatable bonds is 4. The predicted octanol–water partition coefficient (Wildman–Crippen LogP) is 13.8. The Bertz CT molecular complexity index is 2860. The molecule has 0 N–H and O–H groups in total. The molecule has 0 amide bonds. The Morgan fingerprint density at radius 1 is 0.333 bits per heavy atom. The third-order valence-corrected chi connectivity index (χ3v) is 11.0. The van der Waals surface area contributed by atoms with E-state index in [0.29, 0.717) is 0 Å². The lowest BCUT2D eigenvalue weighted by Crippen LogP contribution is -2.10. The smallest absolute Gasteiger partial charge is 0.0540 e. The summed E-state index contributed by atoms with van der Waals surface area (Å²) in [5.41, 5.74) is 5.89. The molecule has 0 aliphatic rings. The van der Waals surface area contributed by atoms with E-state index in [1.165, 1.54) is 80.1 Å². The SMILES string of the molecule is c1cc(-c2cccc3c2ccc2ccccc23)cc(N(c2ccc3c(c2)sc2ccccc23)c2cccc3c2ccc2ccccc23)c1. The first-order valence-electron chi connectivity index (χ1n) is 16.4. The number of hydrogen-bond acceptors (Lipinski definition) is 2. The van der Waals surface area contributed by atoms with Crippen molar-refractivity contribution in [1.29, 1.82) is 0 Å². The fraction of sp³-hybridized carbons (Fsp3) is 0. The number of anilines is 3. The van der Waals surface area contributed by atoms with Crippen LogP contribution in [0.15, 0.2) is 176 Å². The Kier molecular flexibility index (Phi) is 6.12. The molecule has 0 fully saturated rings. The van der Waals surface area contributed by atoms with Crippen molar-refractivity contribution in [2.24, 2.45) is 0 Å². The number of hydrogen-bond donors (Lipinski definition) is 0. The molecular formula is C46H29NS. The molecule has 0 bridgehead atoms. The molecule has 0 saturated heterocycles. The Balaban J connectivity index is 1.22. The molecule has 10 rings (SSSR count). The lowest BCUT2D eigenvalue weighted by Gasteiger charge is -2.28. The van der Waals surface area contributed by atoms with Gasteiger partial charge in [-0.05, 0) is 85.2 Å². The molecule has 10 aromatic rings. The van der Waals surface area contributed by atoms with Gasteiger partial charge >= 0.3 is 0 Å². The van der Waals surface area contributed by atoms with Crippen LogP contribution in [0.5, 0.6) is 0 Å². The highest BCUT2D eigenvalue weighted by Gasteiger charge is 2.19. The van der Waals surface area contributed by atoms with E-state index < -0.39 is 0 Å². The van der Waals surface area contributed by atoms with Gasteiger partial charge in [0.25, 0.3) is 0 Å². The highest BCUT2D eigenvalue weighted by molar-refractivity contribution is 7.25. The van der Waals surface area contributed by atoms with E-state index in [4.69, 9.17) is 0 Å². The number of fused-ring (bicyclic) bond motifs is 9. The third kappa shape index (κ3) is 4.24. The topological polar surface area (TPSA) is 3.24 Å². The monoisotopic (exact) mass is 627 g/mol. The van der Waals surface area contributed by atoms with Crippen molar-refractivity contribution in [3.05, 3.63) is 176 Å². The fourth-order valence-electron chi connectivity index (χ4n) is 7.60. The second-order valence-electron chi connectivity index (χ2n) is 12.5. The van der Waals surface area contributed by atoms with Gasteiger partial charge in [0.1, 0.15) is 0 Å². The van der Waals surface area contributed by atoms with Gasteiger partial charge in [-0.25, -0.2) is 0 Å². The van der Waals surface area contributed by atoms with E-state index in [2.05, 4.69) is 181 Å². The first-order chi connectivity index (χ1) is 23.8. The Morgan fingerprint density at radius 3 is 1.73 bits per heavy atom. The first kappa shape index (κ1) is 27.2. The minimum absolute atomic E-state index is 1.13. The van der Waals surface area contributed by atoms with Gasteiger partial charge in [-0.15, -0.1) is 11.3 Å². The van der Waals surface area contributed by atoms with Gasteiger partial charge in [0, 0.05) is 36.9 Å². The minimum Gasteiger partial charge on any atom is -0.310 e. The van der Waals surface area contributed by atoms with Gasteiger partial charge < -0.3 is 4.90 Å². The van der Waals surface area contributed by atoms with Crippen LogP contribution in [0.4, 0.5) is 17.1 Å². The Labute approximate surface area is 282 Å².